The van der Waals surface area contributed by atoms with Crippen LogP contribution in [0.25, 0.3) is 11.0 Å². The largest absolute Gasteiger partial charge is 0.423 e. The minimum Gasteiger partial charge on any atom is -0.423 e. The highest BCUT2D eigenvalue weighted by Crippen LogP contribution is 2.28. The number of piperidine rings is 1. The molecule has 0 aliphatic carbocycles. The quantitative estimate of drug-likeness (QED) is 0.608. The van der Waals surface area contributed by atoms with E-state index in [9.17, 15) is 9.59 Å². The summed E-state index contributed by atoms with van der Waals surface area (Å²) in [4.78, 5) is 31.2. The van der Waals surface area contributed by atoms with Crippen LogP contribution in [-0.4, -0.2) is 28.9 Å². The van der Waals surface area contributed by atoms with Crippen molar-refractivity contribution in [3.8, 4) is 0 Å². The Morgan fingerprint density at radius 2 is 2.20 bits per heavy atom. The van der Waals surface area contributed by atoms with Gasteiger partial charge in [-0.2, -0.15) is 0 Å². The number of aromatic nitrogens is 1. The van der Waals surface area contributed by atoms with E-state index in [2.05, 4.69) is 42.0 Å². The van der Waals surface area contributed by atoms with Crippen molar-refractivity contribution in [3.63, 3.8) is 0 Å². The van der Waals surface area contributed by atoms with Gasteiger partial charge < -0.3 is 9.73 Å². The molecule has 30 heavy (non-hydrogen) atoms. The molecule has 4 rings (SSSR count). The lowest BCUT2D eigenvalue weighted by molar-refractivity contribution is -0.121. The van der Waals surface area contributed by atoms with E-state index >= 15 is 0 Å². The lowest BCUT2D eigenvalue weighted by Gasteiger charge is -2.32. The lowest BCUT2D eigenvalue weighted by Crippen LogP contribution is -2.40. The maximum absolute atomic E-state index is 12.7. The van der Waals surface area contributed by atoms with Gasteiger partial charge in [-0.3, -0.25) is 9.69 Å². The van der Waals surface area contributed by atoms with Gasteiger partial charge in [-0.05, 0) is 61.1 Å². The second-order valence-electron chi connectivity index (χ2n) is 8.35. The molecule has 3 aromatic rings. The first-order chi connectivity index (χ1) is 14.4. The predicted molar refractivity (Wildman–Crippen MR) is 120 cm³/mol. The summed E-state index contributed by atoms with van der Waals surface area (Å²) < 4.78 is 5.48. The number of hydrogen-bond donors (Lipinski definition) is 1. The van der Waals surface area contributed by atoms with E-state index in [4.69, 9.17) is 4.42 Å². The maximum atomic E-state index is 12.7. The maximum Gasteiger partial charge on any atom is 0.336 e. The third-order valence-corrected chi connectivity index (χ3v) is 6.46. The number of amides is 1. The van der Waals surface area contributed by atoms with Gasteiger partial charge in [0.15, 0.2) is 5.13 Å². The summed E-state index contributed by atoms with van der Waals surface area (Å²) in [7, 11) is 0. The van der Waals surface area contributed by atoms with Gasteiger partial charge in [0.1, 0.15) is 5.58 Å². The van der Waals surface area contributed by atoms with Gasteiger partial charge in [0.2, 0.25) is 5.91 Å². The first-order valence-electron chi connectivity index (χ1n) is 10.4. The van der Waals surface area contributed by atoms with Crippen LogP contribution in [0.2, 0.25) is 0 Å². The highest BCUT2D eigenvalue weighted by molar-refractivity contribution is 7.13. The highest BCUT2D eigenvalue weighted by atomic mass is 32.1. The van der Waals surface area contributed by atoms with Crippen molar-refractivity contribution in [1.82, 2.24) is 9.88 Å². The van der Waals surface area contributed by atoms with Crippen molar-refractivity contribution >= 4 is 33.3 Å². The molecule has 6 nitrogen and oxygen atoms in total. The molecule has 0 radical (unpaired) electrons. The molecule has 158 valence electrons. The third-order valence-electron chi connectivity index (χ3n) is 5.77. The van der Waals surface area contributed by atoms with Crippen molar-refractivity contribution in [3.05, 3.63) is 56.9 Å². The van der Waals surface area contributed by atoms with Crippen LogP contribution in [-0.2, 0) is 11.3 Å². The molecule has 7 heteroatoms. The average Bonchev–Trinajstić information content (AvgIpc) is 3.20. The zero-order valence-corrected chi connectivity index (χ0v) is 18.4. The molecule has 1 aromatic carbocycles. The summed E-state index contributed by atoms with van der Waals surface area (Å²) in [6.45, 7) is 8.60. The van der Waals surface area contributed by atoms with Gasteiger partial charge in [-0.15, -0.1) is 11.3 Å². The number of likely N-dealkylation sites (tertiary alicyclic amines) is 1. The minimum atomic E-state index is -0.329. The Morgan fingerprint density at radius 3 is 2.93 bits per heavy atom. The van der Waals surface area contributed by atoms with Crippen molar-refractivity contribution in [2.45, 2.75) is 46.1 Å². The second kappa shape index (κ2) is 8.70. The van der Waals surface area contributed by atoms with Gasteiger partial charge >= 0.3 is 5.63 Å². The number of thiazole rings is 1. The summed E-state index contributed by atoms with van der Waals surface area (Å²) in [5.74, 6) is 0.329. The second-order valence-corrected chi connectivity index (χ2v) is 9.25. The van der Waals surface area contributed by atoms with E-state index in [1.807, 2.05) is 11.4 Å². The Labute approximate surface area is 179 Å². The Bertz CT molecular complexity index is 1100. The average molecular weight is 426 g/mol. The number of anilines is 1. The zero-order chi connectivity index (χ0) is 21.3. The first-order valence-corrected chi connectivity index (χ1v) is 11.3. The Hall–Kier alpha value is -2.51. The Morgan fingerprint density at radius 1 is 1.37 bits per heavy atom. The van der Waals surface area contributed by atoms with Crippen LogP contribution in [0.15, 0.2) is 39.0 Å². The number of nitrogens with one attached hydrogen (secondary N) is 1. The summed E-state index contributed by atoms with van der Waals surface area (Å²) in [5, 5.41) is 6.39. The third kappa shape index (κ3) is 4.47. The molecule has 1 fully saturated rings. The van der Waals surface area contributed by atoms with Crippen molar-refractivity contribution in [1.29, 1.82) is 0 Å². The first kappa shape index (κ1) is 20.8. The fraction of sp³-hybridized carbons (Fsp3) is 0.435. The van der Waals surface area contributed by atoms with Crippen LogP contribution < -0.4 is 10.9 Å². The Kier molecular flexibility index (Phi) is 6.01. The van der Waals surface area contributed by atoms with E-state index in [0.717, 1.165) is 35.9 Å². The van der Waals surface area contributed by atoms with Crippen LogP contribution >= 0.6 is 11.3 Å². The molecule has 1 aliphatic rings. The van der Waals surface area contributed by atoms with Crippen LogP contribution in [0.5, 0.6) is 0 Å². The SMILES string of the molecule is Cc1cc2oc(=O)cc(CN3CCCC(C(=O)Nc4nccs4)C3)c2cc1C(C)C. The van der Waals surface area contributed by atoms with Crippen LogP contribution in [0, 0.1) is 12.8 Å². The van der Waals surface area contributed by atoms with Crippen LogP contribution in [0.3, 0.4) is 0 Å². The summed E-state index contributed by atoms with van der Waals surface area (Å²) in [5.41, 5.74) is 3.66. The van der Waals surface area contributed by atoms with Crippen molar-refractivity contribution in [2.75, 3.05) is 18.4 Å². The molecule has 1 saturated heterocycles. The van der Waals surface area contributed by atoms with E-state index in [1.54, 1.807) is 12.3 Å². The number of hydrogen-bond acceptors (Lipinski definition) is 6. The molecule has 1 amide bonds. The highest BCUT2D eigenvalue weighted by Gasteiger charge is 2.27. The van der Waals surface area contributed by atoms with E-state index < -0.39 is 0 Å². The van der Waals surface area contributed by atoms with Gasteiger partial charge in [-0.1, -0.05) is 13.8 Å². The number of fused-ring (bicyclic) bond motifs is 1. The molecule has 0 spiro atoms. The standard InChI is InChI=1S/C23H27N3O3S/c1-14(2)18-11-19-17(10-21(27)29-20(19)9-15(18)3)13-26-7-4-5-16(12-26)22(28)25-23-24-6-8-30-23/h6,8-11,14,16H,4-5,7,12-13H2,1-3H3,(H,24,25,28). The van der Waals surface area contributed by atoms with E-state index in [-0.39, 0.29) is 17.5 Å². The smallest absolute Gasteiger partial charge is 0.336 e. The molecular weight excluding hydrogens is 398 g/mol. The van der Waals surface area contributed by atoms with Crippen molar-refractivity contribution in [2.24, 2.45) is 5.92 Å². The molecule has 1 atom stereocenters. The number of carbonyl (C=O) groups excluding carboxylic acids is 1. The molecule has 1 aliphatic heterocycles. The van der Waals surface area contributed by atoms with Gasteiger partial charge in [-0.25, -0.2) is 9.78 Å². The minimum absolute atomic E-state index is 0.0183. The van der Waals surface area contributed by atoms with Crippen LogP contribution in [0.1, 0.15) is 49.3 Å². The fourth-order valence-electron chi connectivity index (χ4n) is 4.29. The number of rotatable bonds is 5. The lowest BCUT2D eigenvalue weighted by atomic mass is 9.94. The van der Waals surface area contributed by atoms with E-state index in [1.165, 1.54) is 16.9 Å². The summed E-state index contributed by atoms with van der Waals surface area (Å²) in [6.07, 6.45) is 3.50. The zero-order valence-electron chi connectivity index (χ0n) is 17.6. The molecule has 0 bridgehead atoms. The number of nitrogens with zero attached hydrogens (tertiary/aromatic N) is 2. The predicted octanol–water partition coefficient (Wildman–Crippen LogP) is 4.53. The van der Waals surface area contributed by atoms with Crippen molar-refractivity contribution < 1.29 is 9.21 Å². The Balaban J connectivity index is 1.56. The number of carbonyl (C=O) groups is 1. The topological polar surface area (TPSA) is 75.4 Å². The molecular formula is C23H27N3O3S. The molecule has 1 N–H and O–H groups in total. The van der Waals surface area contributed by atoms with Gasteiger partial charge in [0.05, 0.1) is 5.92 Å². The molecule has 3 heterocycles. The normalized spacial score (nSPS) is 17.5. The molecule has 0 saturated carbocycles. The summed E-state index contributed by atoms with van der Waals surface area (Å²) >= 11 is 1.42. The monoisotopic (exact) mass is 425 g/mol. The fourth-order valence-corrected chi connectivity index (χ4v) is 4.82. The summed E-state index contributed by atoms with van der Waals surface area (Å²) in [6, 6.07) is 5.72. The van der Waals surface area contributed by atoms with Crippen LogP contribution in [0.4, 0.5) is 5.13 Å². The number of aryl methyl sites for hydroxylation is 1. The van der Waals surface area contributed by atoms with Gasteiger partial charge in [0, 0.05) is 36.1 Å². The molecule has 1 unspecified atom stereocenters. The number of benzene rings is 1. The van der Waals surface area contributed by atoms with E-state index in [0.29, 0.717) is 29.7 Å². The van der Waals surface area contributed by atoms with Gasteiger partial charge in [0.25, 0.3) is 0 Å². The molecule has 2 aromatic heterocycles.